The summed E-state index contributed by atoms with van der Waals surface area (Å²) >= 11 is 0. The van der Waals surface area contributed by atoms with Crippen LogP contribution >= 0.6 is 0 Å². The maximum atomic E-state index is 11.8. The highest BCUT2D eigenvalue weighted by Crippen LogP contribution is 2.45. The lowest BCUT2D eigenvalue weighted by Gasteiger charge is -2.40. The van der Waals surface area contributed by atoms with Crippen LogP contribution in [0.15, 0.2) is 6.20 Å². The van der Waals surface area contributed by atoms with Crippen molar-refractivity contribution in [1.29, 1.82) is 0 Å². The molecule has 0 aliphatic heterocycles. The molecule has 0 radical (unpaired) electrons. The van der Waals surface area contributed by atoms with E-state index >= 15 is 0 Å². The molecule has 0 unspecified atom stereocenters. The van der Waals surface area contributed by atoms with Gasteiger partial charge in [0.15, 0.2) is 0 Å². The van der Waals surface area contributed by atoms with E-state index in [0.29, 0.717) is 25.1 Å². The average molecular weight is 266 g/mol. The second-order valence-electron chi connectivity index (χ2n) is 5.25. The number of carboxylic acids is 1. The molecule has 1 aromatic rings. The van der Waals surface area contributed by atoms with Gasteiger partial charge >= 0.3 is 5.97 Å². The average Bonchev–Trinajstić information content (AvgIpc) is 2.79. The minimum Gasteiger partial charge on any atom is -0.481 e. The van der Waals surface area contributed by atoms with Gasteiger partial charge in [0.25, 0.3) is 0 Å². The zero-order chi connectivity index (χ0) is 14.0. The first kappa shape index (κ1) is 13.5. The summed E-state index contributed by atoms with van der Waals surface area (Å²) in [7, 11) is 0. The molecule has 2 rings (SSSR count). The fraction of sp³-hybridized carbons (Fsp3) is 0.667. The molecule has 2 N–H and O–H groups in total. The van der Waals surface area contributed by atoms with Gasteiger partial charge in [0.1, 0.15) is 5.69 Å². The third kappa shape index (κ3) is 2.74. The number of nitrogens with one attached hydrogen (secondary N) is 1. The molecule has 1 fully saturated rings. The molecule has 1 saturated carbocycles. The van der Waals surface area contributed by atoms with E-state index in [9.17, 15) is 9.59 Å². The predicted octanol–water partition coefficient (Wildman–Crippen LogP) is 0.415. The summed E-state index contributed by atoms with van der Waals surface area (Å²) in [5.74, 6) is -1.14. The molecule has 0 aromatic carbocycles. The first-order chi connectivity index (χ1) is 8.94. The van der Waals surface area contributed by atoms with Crippen LogP contribution in [-0.4, -0.2) is 32.0 Å². The molecule has 0 atom stereocenters. The number of hydrogen-bond acceptors (Lipinski definition) is 4. The van der Waals surface area contributed by atoms with Gasteiger partial charge in [-0.3, -0.25) is 14.3 Å². The highest BCUT2D eigenvalue weighted by atomic mass is 16.4. The van der Waals surface area contributed by atoms with E-state index in [0.717, 1.165) is 6.54 Å². The number of hydrogen-bond donors (Lipinski definition) is 2. The molecule has 1 aliphatic carbocycles. The molecule has 1 amide bonds. The van der Waals surface area contributed by atoms with Gasteiger partial charge in [0, 0.05) is 12.5 Å². The number of carbonyl (C=O) groups excluding carboxylic acids is 1. The number of carboxylic acid groups (broad SMARTS) is 1. The van der Waals surface area contributed by atoms with Crippen LogP contribution in [0, 0.1) is 11.3 Å². The second-order valence-corrected chi connectivity index (χ2v) is 5.25. The van der Waals surface area contributed by atoms with Gasteiger partial charge in [-0.25, -0.2) is 0 Å². The first-order valence-electron chi connectivity index (χ1n) is 6.35. The summed E-state index contributed by atoms with van der Waals surface area (Å²) < 4.78 is 1.69. The molecule has 1 heterocycles. The van der Waals surface area contributed by atoms with Gasteiger partial charge in [0.2, 0.25) is 5.91 Å². The lowest BCUT2D eigenvalue weighted by Crippen LogP contribution is -2.47. The topological polar surface area (TPSA) is 97.1 Å². The smallest absolute Gasteiger partial charge is 0.309 e. The Bertz CT molecular complexity index is 491. The Kier molecular flexibility index (Phi) is 3.55. The van der Waals surface area contributed by atoms with E-state index in [2.05, 4.69) is 15.6 Å². The van der Waals surface area contributed by atoms with Crippen molar-refractivity contribution in [2.45, 2.75) is 39.8 Å². The zero-order valence-corrected chi connectivity index (χ0v) is 11.1. The molecule has 1 aromatic heterocycles. The molecule has 0 spiro atoms. The van der Waals surface area contributed by atoms with Crippen molar-refractivity contribution in [3.05, 3.63) is 11.9 Å². The maximum absolute atomic E-state index is 11.8. The Morgan fingerprint density at radius 2 is 2.26 bits per heavy atom. The molecule has 1 aliphatic rings. The Balaban J connectivity index is 1.79. The number of carbonyl (C=O) groups is 2. The molecule has 7 nitrogen and oxygen atoms in total. The normalized spacial score (nSPS) is 25.7. The van der Waals surface area contributed by atoms with Gasteiger partial charge in [-0.1, -0.05) is 5.21 Å². The third-order valence-corrected chi connectivity index (χ3v) is 3.63. The Hall–Kier alpha value is -1.92. The largest absolute Gasteiger partial charge is 0.481 e. The highest BCUT2D eigenvalue weighted by Gasteiger charge is 2.49. The summed E-state index contributed by atoms with van der Waals surface area (Å²) in [6, 6.07) is 0. The van der Waals surface area contributed by atoms with Crippen LogP contribution in [0.5, 0.6) is 0 Å². The van der Waals surface area contributed by atoms with Crippen molar-refractivity contribution in [2.24, 2.45) is 11.3 Å². The molecule has 7 heteroatoms. The van der Waals surface area contributed by atoms with Crippen molar-refractivity contribution >= 4 is 11.9 Å². The summed E-state index contributed by atoms with van der Waals surface area (Å²) in [6.07, 6.45) is 2.58. The number of aryl methyl sites for hydroxylation is 1. The monoisotopic (exact) mass is 266 g/mol. The van der Waals surface area contributed by atoms with E-state index in [4.69, 9.17) is 5.11 Å². The van der Waals surface area contributed by atoms with Crippen LogP contribution in [0.25, 0.3) is 0 Å². The van der Waals surface area contributed by atoms with Gasteiger partial charge in [-0.2, -0.15) is 0 Å². The van der Waals surface area contributed by atoms with Gasteiger partial charge in [-0.15, -0.1) is 5.10 Å². The van der Waals surface area contributed by atoms with Crippen molar-refractivity contribution in [1.82, 2.24) is 20.3 Å². The fourth-order valence-electron chi connectivity index (χ4n) is 2.28. The van der Waals surface area contributed by atoms with Gasteiger partial charge in [0.05, 0.1) is 18.2 Å². The quantitative estimate of drug-likeness (QED) is 0.804. The van der Waals surface area contributed by atoms with Crippen LogP contribution in [0.1, 0.15) is 32.4 Å². The third-order valence-electron chi connectivity index (χ3n) is 3.63. The van der Waals surface area contributed by atoms with E-state index in [1.165, 1.54) is 0 Å². The number of rotatable bonds is 5. The molecule has 104 valence electrons. The highest BCUT2D eigenvalue weighted by molar-refractivity contribution is 5.84. The summed E-state index contributed by atoms with van der Waals surface area (Å²) in [4.78, 5) is 22.8. The zero-order valence-electron chi connectivity index (χ0n) is 11.1. The Morgan fingerprint density at radius 3 is 2.79 bits per heavy atom. The number of nitrogens with zero attached hydrogens (tertiary/aromatic N) is 3. The van der Waals surface area contributed by atoms with E-state index in [-0.39, 0.29) is 11.8 Å². The van der Waals surface area contributed by atoms with Crippen molar-refractivity contribution < 1.29 is 14.7 Å². The minimum atomic E-state index is -0.831. The number of aliphatic carboxylic acids is 1. The number of amides is 1. The van der Waals surface area contributed by atoms with Crippen LogP contribution in [0.3, 0.4) is 0 Å². The molecule has 19 heavy (non-hydrogen) atoms. The van der Waals surface area contributed by atoms with Crippen LogP contribution in [-0.2, 0) is 22.7 Å². The van der Waals surface area contributed by atoms with Gasteiger partial charge in [-0.05, 0) is 26.7 Å². The Morgan fingerprint density at radius 1 is 1.58 bits per heavy atom. The second kappa shape index (κ2) is 4.99. The number of aromatic nitrogens is 3. The summed E-state index contributed by atoms with van der Waals surface area (Å²) in [5.41, 5.74) is -0.0385. The van der Waals surface area contributed by atoms with E-state index in [1.54, 1.807) is 17.8 Å². The van der Waals surface area contributed by atoms with Crippen molar-refractivity contribution in [3.63, 3.8) is 0 Å². The molecule has 0 saturated heterocycles. The summed E-state index contributed by atoms with van der Waals surface area (Å²) in [6.45, 7) is 4.70. The standard InChI is InChI=1S/C12H18N4O3/c1-3-16-7-9(14-15-16)6-13-10(17)8-4-12(2,5-8)11(18)19/h7-8H,3-6H2,1-2H3,(H,13,17)(H,18,19). The summed E-state index contributed by atoms with van der Waals surface area (Å²) in [5, 5.41) is 19.5. The predicted molar refractivity (Wildman–Crippen MR) is 66.0 cm³/mol. The minimum absolute atomic E-state index is 0.107. The maximum Gasteiger partial charge on any atom is 0.309 e. The molecular weight excluding hydrogens is 248 g/mol. The van der Waals surface area contributed by atoms with E-state index < -0.39 is 11.4 Å². The van der Waals surface area contributed by atoms with Crippen molar-refractivity contribution in [3.8, 4) is 0 Å². The molecule has 0 bridgehead atoms. The van der Waals surface area contributed by atoms with Crippen molar-refractivity contribution in [2.75, 3.05) is 0 Å². The SMILES string of the molecule is CCn1cc(CNC(=O)C2CC(C)(C(=O)O)C2)nn1. The van der Waals surface area contributed by atoms with Gasteiger partial charge < -0.3 is 10.4 Å². The lowest BCUT2D eigenvalue weighted by molar-refractivity contribution is -0.158. The Labute approximate surface area is 111 Å². The van der Waals surface area contributed by atoms with Crippen LogP contribution < -0.4 is 5.32 Å². The first-order valence-corrected chi connectivity index (χ1v) is 6.35. The van der Waals surface area contributed by atoms with E-state index in [1.807, 2.05) is 6.92 Å². The fourth-order valence-corrected chi connectivity index (χ4v) is 2.28. The lowest BCUT2D eigenvalue weighted by atomic mass is 9.63. The van der Waals surface area contributed by atoms with Crippen LogP contribution in [0.4, 0.5) is 0 Å². The molecular formula is C12H18N4O3. The van der Waals surface area contributed by atoms with Crippen LogP contribution in [0.2, 0.25) is 0 Å².